The van der Waals surface area contributed by atoms with Gasteiger partial charge in [0.2, 0.25) is 0 Å². The monoisotopic (exact) mass is 247 g/mol. The summed E-state index contributed by atoms with van der Waals surface area (Å²) in [4.78, 5) is 11.7. The van der Waals surface area contributed by atoms with Crippen LogP contribution in [0, 0.1) is 12.7 Å². The Morgan fingerprint density at radius 3 is 2.89 bits per heavy atom. The first kappa shape index (κ1) is 12.4. The molecule has 4 heteroatoms. The minimum Gasteiger partial charge on any atom is -0.469 e. The lowest BCUT2D eigenvalue weighted by molar-refractivity contribution is 0.0952. The largest absolute Gasteiger partial charge is 0.469 e. The van der Waals surface area contributed by atoms with Gasteiger partial charge in [-0.1, -0.05) is 12.1 Å². The van der Waals surface area contributed by atoms with Gasteiger partial charge in [0.25, 0.3) is 5.91 Å². The number of amides is 1. The van der Waals surface area contributed by atoms with Crippen LogP contribution in [0.5, 0.6) is 0 Å². The second-order valence-electron chi connectivity index (χ2n) is 4.03. The van der Waals surface area contributed by atoms with E-state index in [9.17, 15) is 9.18 Å². The molecule has 1 heterocycles. The molecule has 94 valence electrons. The van der Waals surface area contributed by atoms with E-state index >= 15 is 0 Å². The topological polar surface area (TPSA) is 42.2 Å². The Morgan fingerprint density at radius 1 is 1.39 bits per heavy atom. The van der Waals surface area contributed by atoms with Crippen molar-refractivity contribution in [3.05, 3.63) is 59.3 Å². The third-order valence-corrected chi connectivity index (χ3v) is 2.69. The van der Waals surface area contributed by atoms with Gasteiger partial charge in [0.05, 0.1) is 11.8 Å². The Labute approximate surface area is 105 Å². The van der Waals surface area contributed by atoms with Gasteiger partial charge in [-0.05, 0) is 37.1 Å². The zero-order valence-electron chi connectivity index (χ0n) is 10.1. The molecule has 0 aliphatic heterocycles. The van der Waals surface area contributed by atoms with Crippen molar-refractivity contribution in [1.29, 1.82) is 0 Å². The van der Waals surface area contributed by atoms with E-state index in [0.717, 1.165) is 5.56 Å². The second-order valence-corrected chi connectivity index (χ2v) is 4.03. The molecule has 0 aliphatic rings. The minimum absolute atomic E-state index is 0.169. The summed E-state index contributed by atoms with van der Waals surface area (Å²) in [7, 11) is 0. The summed E-state index contributed by atoms with van der Waals surface area (Å²) in [5.74, 6) is 0.167. The van der Waals surface area contributed by atoms with Crippen LogP contribution in [-0.4, -0.2) is 12.5 Å². The Balaban J connectivity index is 1.86. The average Bonchev–Trinajstić information content (AvgIpc) is 2.75. The zero-order chi connectivity index (χ0) is 13.0. The van der Waals surface area contributed by atoms with Crippen molar-refractivity contribution in [3.63, 3.8) is 0 Å². The number of aryl methyl sites for hydroxylation is 1. The maximum Gasteiger partial charge on any atom is 0.254 e. The van der Waals surface area contributed by atoms with Gasteiger partial charge in [0.15, 0.2) is 0 Å². The second kappa shape index (κ2) is 5.49. The molecule has 0 bridgehead atoms. The van der Waals surface area contributed by atoms with Crippen molar-refractivity contribution in [1.82, 2.24) is 5.32 Å². The summed E-state index contributed by atoms with van der Waals surface area (Å²) in [5.41, 5.74) is 1.40. The predicted molar refractivity (Wildman–Crippen MR) is 65.9 cm³/mol. The fraction of sp³-hybridized carbons (Fsp3) is 0.214. The summed E-state index contributed by atoms with van der Waals surface area (Å²) in [6.07, 6.45) is 2.08. The molecule has 2 rings (SSSR count). The van der Waals surface area contributed by atoms with Gasteiger partial charge < -0.3 is 9.73 Å². The van der Waals surface area contributed by atoms with Crippen molar-refractivity contribution >= 4 is 5.91 Å². The molecule has 18 heavy (non-hydrogen) atoms. The van der Waals surface area contributed by atoms with Gasteiger partial charge in [0.1, 0.15) is 11.6 Å². The van der Waals surface area contributed by atoms with Crippen LogP contribution in [0.1, 0.15) is 21.7 Å². The summed E-state index contributed by atoms with van der Waals surface area (Å²) >= 11 is 0. The standard InChI is InChI=1S/C14H14FNO2/c1-10-13(6-8-18-10)14(17)16-7-5-11-3-2-4-12(15)9-11/h2-4,6,8-9H,5,7H2,1H3,(H,16,17). The highest BCUT2D eigenvalue weighted by Crippen LogP contribution is 2.08. The lowest BCUT2D eigenvalue weighted by Crippen LogP contribution is -2.25. The van der Waals surface area contributed by atoms with Crippen molar-refractivity contribution < 1.29 is 13.6 Å². The molecule has 0 saturated heterocycles. The van der Waals surface area contributed by atoms with Crippen LogP contribution >= 0.6 is 0 Å². The summed E-state index contributed by atoms with van der Waals surface area (Å²) in [6, 6.07) is 7.99. The van der Waals surface area contributed by atoms with Crippen LogP contribution in [0.15, 0.2) is 41.0 Å². The van der Waals surface area contributed by atoms with Crippen molar-refractivity contribution in [2.75, 3.05) is 6.54 Å². The maximum absolute atomic E-state index is 12.9. The SMILES string of the molecule is Cc1occc1C(=O)NCCc1cccc(F)c1. The van der Waals surface area contributed by atoms with E-state index in [0.29, 0.717) is 24.3 Å². The maximum atomic E-state index is 12.9. The normalized spacial score (nSPS) is 10.3. The molecule has 1 aromatic heterocycles. The van der Waals surface area contributed by atoms with E-state index < -0.39 is 0 Å². The van der Waals surface area contributed by atoms with E-state index in [-0.39, 0.29) is 11.7 Å². The number of halogens is 1. The summed E-state index contributed by atoms with van der Waals surface area (Å²) in [5, 5.41) is 2.77. The smallest absolute Gasteiger partial charge is 0.254 e. The highest BCUT2D eigenvalue weighted by Gasteiger charge is 2.10. The van der Waals surface area contributed by atoms with E-state index in [1.807, 2.05) is 6.07 Å². The average molecular weight is 247 g/mol. The molecule has 0 aliphatic carbocycles. The molecule has 0 spiro atoms. The van der Waals surface area contributed by atoms with E-state index in [2.05, 4.69) is 5.32 Å². The number of nitrogens with one attached hydrogen (secondary N) is 1. The third kappa shape index (κ3) is 2.97. The molecule has 1 N–H and O–H groups in total. The number of carbonyl (C=O) groups excluding carboxylic acids is 1. The van der Waals surface area contributed by atoms with Crippen LogP contribution in [0.25, 0.3) is 0 Å². The highest BCUT2D eigenvalue weighted by molar-refractivity contribution is 5.94. The van der Waals surface area contributed by atoms with Gasteiger partial charge >= 0.3 is 0 Å². The van der Waals surface area contributed by atoms with Crippen molar-refractivity contribution in [2.24, 2.45) is 0 Å². The zero-order valence-corrected chi connectivity index (χ0v) is 10.1. The fourth-order valence-electron chi connectivity index (χ4n) is 1.73. The first-order chi connectivity index (χ1) is 8.66. The first-order valence-corrected chi connectivity index (χ1v) is 5.73. The predicted octanol–water partition coefficient (Wildman–Crippen LogP) is 2.70. The summed E-state index contributed by atoms with van der Waals surface area (Å²) in [6.45, 7) is 2.20. The number of carbonyl (C=O) groups is 1. The molecule has 1 amide bonds. The number of furan rings is 1. The fourth-order valence-corrected chi connectivity index (χ4v) is 1.73. The molecule has 2 aromatic rings. The Hall–Kier alpha value is -2.10. The number of hydrogen-bond donors (Lipinski definition) is 1. The van der Waals surface area contributed by atoms with Crippen LogP contribution in [-0.2, 0) is 6.42 Å². The number of rotatable bonds is 4. The molecule has 0 atom stereocenters. The molecule has 0 fully saturated rings. The van der Waals surface area contributed by atoms with E-state index in [1.54, 1.807) is 19.1 Å². The quantitative estimate of drug-likeness (QED) is 0.902. The van der Waals surface area contributed by atoms with Gasteiger partial charge in [-0.25, -0.2) is 4.39 Å². The third-order valence-electron chi connectivity index (χ3n) is 2.69. The lowest BCUT2D eigenvalue weighted by atomic mass is 10.1. The van der Waals surface area contributed by atoms with Gasteiger partial charge in [-0.2, -0.15) is 0 Å². The van der Waals surface area contributed by atoms with E-state index in [4.69, 9.17) is 4.42 Å². The Bertz CT molecular complexity index is 548. The van der Waals surface area contributed by atoms with Crippen LogP contribution < -0.4 is 5.32 Å². The molecule has 0 radical (unpaired) electrons. The molecular formula is C14H14FNO2. The van der Waals surface area contributed by atoms with Crippen LogP contribution in [0.4, 0.5) is 4.39 Å². The van der Waals surface area contributed by atoms with Crippen molar-refractivity contribution in [3.8, 4) is 0 Å². The summed E-state index contributed by atoms with van der Waals surface area (Å²) < 4.78 is 18.0. The van der Waals surface area contributed by atoms with Crippen LogP contribution in [0.3, 0.4) is 0 Å². The van der Waals surface area contributed by atoms with Crippen molar-refractivity contribution in [2.45, 2.75) is 13.3 Å². The highest BCUT2D eigenvalue weighted by atomic mass is 19.1. The molecule has 0 unspecified atom stereocenters. The van der Waals surface area contributed by atoms with Gasteiger partial charge in [-0.3, -0.25) is 4.79 Å². The molecule has 0 saturated carbocycles. The molecule has 1 aromatic carbocycles. The molecule has 3 nitrogen and oxygen atoms in total. The molecular weight excluding hydrogens is 233 g/mol. The van der Waals surface area contributed by atoms with Gasteiger partial charge in [-0.15, -0.1) is 0 Å². The first-order valence-electron chi connectivity index (χ1n) is 5.73. The number of benzene rings is 1. The Morgan fingerprint density at radius 2 is 2.22 bits per heavy atom. The van der Waals surface area contributed by atoms with Crippen LogP contribution in [0.2, 0.25) is 0 Å². The lowest BCUT2D eigenvalue weighted by Gasteiger charge is -2.04. The minimum atomic E-state index is -0.260. The Kier molecular flexibility index (Phi) is 3.77. The van der Waals surface area contributed by atoms with Gasteiger partial charge in [0, 0.05) is 6.54 Å². The number of hydrogen-bond acceptors (Lipinski definition) is 2. The van der Waals surface area contributed by atoms with E-state index in [1.165, 1.54) is 18.4 Å².